The van der Waals surface area contributed by atoms with E-state index in [0.717, 1.165) is 18.4 Å². The molecular weight excluding hydrogens is 174 g/mol. The van der Waals surface area contributed by atoms with Gasteiger partial charge in [-0.15, -0.1) is 0 Å². The van der Waals surface area contributed by atoms with E-state index in [4.69, 9.17) is 0 Å². The third-order valence-electron chi connectivity index (χ3n) is 2.76. The molecule has 0 bridgehead atoms. The molecule has 74 valence electrons. The first-order chi connectivity index (χ1) is 6.68. The Morgan fingerprint density at radius 2 is 2.00 bits per heavy atom. The van der Waals surface area contributed by atoms with Crippen LogP contribution in [0.2, 0.25) is 0 Å². The van der Waals surface area contributed by atoms with Crippen LogP contribution in [0.25, 0.3) is 0 Å². The number of aryl methyl sites for hydroxylation is 1. The number of carbonyl (C=O) groups excluding carboxylic acids is 1. The predicted octanol–water partition coefficient (Wildman–Crippen LogP) is 2.27. The highest BCUT2D eigenvalue weighted by molar-refractivity contribution is 5.98. The minimum atomic E-state index is 0.302. The fraction of sp³-hybridized carbons (Fsp3) is 0.417. The van der Waals surface area contributed by atoms with Crippen molar-refractivity contribution < 1.29 is 4.79 Å². The van der Waals surface area contributed by atoms with Crippen LogP contribution >= 0.6 is 0 Å². The van der Waals surface area contributed by atoms with Gasteiger partial charge in [-0.25, -0.2) is 0 Å². The first-order valence-electron chi connectivity index (χ1n) is 5.02. The van der Waals surface area contributed by atoms with Crippen LogP contribution < -0.4 is 4.90 Å². The van der Waals surface area contributed by atoms with Crippen LogP contribution in [0.3, 0.4) is 0 Å². The molecule has 2 heteroatoms. The number of rotatable bonds is 1. The second-order valence-corrected chi connectivity index (χ2v) is 4.01. The summed E-state index contributed by atoms with van der Waals surface area (Å²) in [5.41, 5.74) is 3.33. The lowest BCUT2D eigenvalue weighted by Gasteiger charge is -2.18. The van der Waals surface area contributed by atoms with Crippen molar-refractivity contribution in [3.63, 3.8) is 0 Å². The summed E-state index contributed by atoms with van der Waals surface area (Å²) in [7, 11) is 4.04. The summed E-state index contributed by atoms with van der Waals surface area (Å²) in [6.45, 7) is 0. The van der Waals surface area contributed by atoms with E-state index in [9.17, 15) is 4.79 Å². The van der Waals surface area contributed by atoms with Crippen LogP contribution in [0, 0.1) is 0 Å². The molecule has 2 rings (SSSR count). The van der Waals surface area contributed by atoms with Crippen molar-refractivity contribution in [3.8, 4) is 0 Å². The molecule has 1 aromatic rings. The van der Waals surface area contributed by atoms with E-state index in [1.807, 2.05) is 26.2 Å². The van der Waals surface area contributed by atoms with Crippen molar-refractivity contribution in [2.45, 2.75) is 19.3 Å². The minimum absolute atomic E-state index is 0.302. The average Bonchev–Trinajstić information content (AvgIpc) is 2.17. The van der Waals surface area contributed by atoms with E-state index < -0.39 is 0 Å². The summed E-state index contributed by atoms with van der Waals surface area (Å²) in [5, 5.41) is 0. The molecule has 0 saturated heterocycles. The topological polar surface area (TPSA) is 20.3 Å². The van der Waals surface area contributed by atoms with E-state index in [2.05, 4.69) is 11.0 Å². The van der Waals surface area contributed by atoms with Gasteiger partial charge in [-0.3, -0.25) is 4.79 Å². The van der Waals surface area contributed by atoms with Gasteiger partial charge in [0, 0.05) is 31.8 Å². The lowest BCUT2D eigenvalue weighted by atomic mass is 9.90. The molecule has 0 fully saturated rings. The lowest BCUT2D eigenvalue weighted by Crippen LogP contribution is -2.14. The molecule has 1 aromatic carbocycles. The van der Waals surface area contributed by atoms with E-state index in [0.29, 0.717) is 12.2 Å². The van der Waals surface area contributed by atoms with Crippen molar-refractivity contribution in [1.82, 2.24) is 0 Å². The summed E-state index contributed by atoms with van der Waals surface area (Å²) in [5.74, 6) is 0.302. The first-order valence-corrected chi connectivity index (χ1v) is 5.02. The van der Waals surface area contributed by atoms with Crippen molar-refractivity contribution in [2.24, 2.45) is 0 Å². The van der Waals surface area contributed by atoms with E-state index in [-0.39, 0.29) is 0 Å². The molecule has 0 saturated carbocycles. The number of fused-ring (bicyclic) bond motifs is 1. The Morgan fingerprint density at radius 3 is 2.71 bits per heavy atom. The number of benzene rings is 1. The summed E-state index contributed by atoms with van der Waals surface area (Å²) in [4.78, 5) is 13.6. The fourth-order valence-corrected chi connectivity index (χ4v) is 1.91. The van der Waals surface area contributed by atoms with Crippen LogP contribution in [0.4, 0.5) is 5.69 Å². The molecule has 1 aliphatic carbocycles. The SMILES string of the molecule is CN(C)c1ccc2c(c1)CCCC2=O. The molecule has 14 heavy (non-hydrogen) atoms. The molecule has 0 radical (unpaired) electrons. The van der Waals surface area contributed by atoms with Crippen LogP contribution in [0.1, 0.15) is 28.8 Å². The summed E-state index contributed by atoms with van der Waals surface area (Å²) in [6, 6.07) is 6.11. The molecular formula is C12H15NO. The van der Waals surface area contributed by atoms with Gasteiger partial charge in [-0.1, -0.05) is 0 Å². The maximum atomic E-state index is 11.6. The quantitative estimate of drug-likeness (QED) is 0.675. The number of hydrogen-bond acceptors (Lipinski definition) is 2. The number of carbonyl (C=O) groups is 1. The Labute approximate surface area is 84.5 Å². The smallest absolute Gasteiger partial charge is 0.163 e. The average molecular weight is 189 g/mol. The van der Waals surface area contributed by atoms with Gasteiger partial charge in [0.15, 0.2) is 5.78 Å². The van der Waals surface area contributed by atoms with Gasteiger partial charge in [0.1, 0.15) is 0 Å². The van der Waals surface area contributed by atoms with E-state index >= 15 is 0 Å². The molecule has 2 nitrogen and oxygen atoms in total. The summed E-state index contributed by atoms with van der Waals surface area (Å²) < 4.78 is 0. The van der Waals surface area contributed by atoms with Gasteiger partial charge in [0.05, 0.1) is 0 Å². The van der Waals surface area contributed by atoms with Gasteiger partial charge in [-0.2, -0.15) is 0 Å². The fourth-order valence-electron chi connectivity index (χ4n) is 1.91. The zero-order chi connectivity index (χ0) is 10.1. The molecule has 0 aliphatic heterocycles. The Bertz CT molecular complexity index is 369. The number of anilines is 1. The maximum Gasteiger partial charge on any atom is 0.163 e. The molecule has 0 atom stereocenters. The molecule has 1 aliphatic rings. The largest absolute Gasteiger partial charge is 0.378 e. The normalized spacial score (nSPS) is 15.1. The van der Waals surface area contributed by atoms with Crippen molar-refractivity contribution in [3.05, 3.63) is 29.3 Å². The van der Waals surface area contributed by atoms with Crippen LogP contribution in [0.5, 0.6) is 0 Å². The molecule has 0 spiro atoms. The second kappa shape index (κ2) is 3.45. The van der Waals surface area contributed by atoms with Gasteiger partial charge in [0.2, 0.25) is 0 Å². The molecule has 0 unspecified atom stereocenters. The highest BCUT2D eigenvalue weighted by Gasteiger charge is 2.16. The van der Waals surface area contributed by atoms with Crippen molar-refractivity contribution in [1.29, 1.82) is 0 Å². The number of Topliss-reactive ketones (excluding diaryl/α,β-unsaturated/α-hetero) is 1. The predicted molar refractivity (Wildman–Crippen MR) is 58.0 cm³/mol. The third kappa shape index (κ3) is 1.52. The number of hydrogen-bond donors (Lipinski definition) is 0. The van der Waals surface area contributed by atoms with Crippen LogP contribution in [0.15, 0.2) is 18.2 Å². The van der Waals surface area contributed by atoms with Gasteiger partial charge < -0.3 is 4.90 Å². The zero-order valence-corrected chi connectivity index (χ0v) is 8.71. The first kappa shape index (κ1) is 9.25. The maximum absolute atomic E-state index is 11.6. The van der Waals surface area contributed by atoms with E-state index in [1.165, 1.54) is 11.3 Å². The molecule has 0 amide bonds. The summed E-state index contributed by atoms with van der Waals surface area (Å²) >= 11 is 0. The van der Waals surface area contributed by atoms with Crippen LogP contribution in [-0.4, -0.2) is 19.9 Å². The Hall–Kier alpha value is -1.31. The van der Waals surface area contributed by atoms with Gasteiger partial charge >= 0.3 is 0 Å². The zero-order valence-electron chi connectivity index (χ0n) is 8.71. The minimum Gasteiger partial charge on any atom is -0.378 e. The highest BCUT2D eigenvalue weighted by Crippen LogP contribution is 2.25. The highest BCUT2D eigenvalue weighted by atomic mass is 16.1. The molecule has 0 N–H and O–H groups in total. The molecule has 0 heterocycles. The van der Waals surface area contributed by atoms with Gasteiger partial charge in [0.25, 0.3) is 0 Å². The Morgan fingerprint density at radius 1 is 1.21 bits per heavy atom. The van der Waals surface area contributed by atoms with Crippen molar-refractivity contribution >= 4 is 11.5 Å². The van der Waals surface area contributed by atoms with Crippen molar-refractivity contribution in [2.75, 3.05) is 19.0 Å². The molecule has 0 aromatic heterocycles. The third-order valence-corrected chi connectivity index (χ3v) is 2.76. The van der Waals surface area contributed by atoms with Gasteiger partial charge in [-0.05, 0) is 36.6 Å². The summed E-state index contributed by atoms with van der Waals surface area (Å²) in [6.07, 6.45) is 2.76. The number of nitrogens with zero attached hydrogens (tertiary/aromatic N) is 1. The monoisotopic (exact) mass is 189 g/mol. The second-order valence-electron chi connectivity index (χ2n) is 4.01. The Balaban J connectivity index is 2.44. The standard InChI is InChI=1S/C12H15NO/c1-13(2)10-6-7-11-9(8-10)4-3-5-12(11)14/h6-8H,3-5H2,1-2H3. The lowest BCUT2D eigenvalue weighted by molar-refractivity contribution is 0.0972. The number of ketones is 1. The van der Waals surface area contributed by atoms with Crippen LogP contribution in [-0.2, 0) is 6.42 Å². The van der Waals surface area contributed by atoms with E-state index in [1.54, 1.807) is 0 Å². The Kier molecular flexibility index (Phi) is 2.28.